The van der Waals surface area contributed by atoms with Crippen LogP contribution >= 0.6 is 11.6 Å². The molecule has 0 saturated heterocycles. The number of hydrogen-bond acceptors (Lipinski definition) is 1. The molecular formula is C16H16ClF2N2O+. The maximum absolute atomic E-state index is 13.5. The van der Waals surface area contributed by atoms with E-state index in [1.54, 1.807) is 12.1 Å². The number of benzene rings is 2. The molecule has 3 nitrogen and oxygen atoms in total. The topological polar surface area (TPSA) is 33.5 Å². The van der Waals surface area contributed by atoms with Gasteiger partial charge in [-0.1, -0.05) is 29.8 Å². The highest BCUT2D eigenvalue weighted by atomic mass is 35.5. The number of para-hydroxylation sites is 1. The Morgan fingerprint density at radius 1 is 1.14 bits per heavy atom. The highest BCUT2D eigenvalue weighted by Gasteiger charge is 2.15. The summed E-state index contributed by atoms with van der Waals surface area (Å²) < 4.78 is 26.9. The molecule has 0 spiro atoms. The van der Waals surface area contributed by atoms with Gasteiger partial charge in [-0.2, -0.15) is 0 Å². The first kappa shape index (κ1) is 16.4. The fraction of sp³-hybridized carbons (Fsp3) is 0.188. The van der Waals surface area contributed by atoms with Gasteiger partial charge < -0.3 is 10.2 Å². The SMILES string of the molecule is C[NH+](CC(=O)Nc1c(F)cccc1F)Cc1ccc(Cl)cc1. The Labute approximate surface area is 132 Å². The molecule has 1 unspecified atom stereocenters. The Morgan fingerprint density at radius 3 is 2.32 bits per heavy atom. The number of carbonyl (C=O) groups is 1. The molecule has 2 rings (SSSR count). The number of hydrogen-bond donors (Lipinski definition) is 2. The van der Waals surface area contributed by atoms with Gasteiger partial charge in [0.05, 0.1) is 7.05 Å². The smallest absolute Gasteiger partial charge is 0.279 e. The Bertz CT molecular complexity index is 641. The van der Waals surface area contributed by atoms with E-state index in [0.29, 0.717) is 11.6 Å². The van der Waals surface area contributed by atoms with Gasteiger partial charge in [0.25, 0.3) is 5.91 Å². The van der Waals surface area contributed by atoms with Crippen molar-refractivity contribution < 1.29 is 18.5 Å². The number of amides is 1. The molecule has 0 aromatic heterocycles. The van der Waals surface area contributed by atoms with Gasteiger partial charge >= 0.3 is 0 Å². The zero-order valence-corrected chi connectivity index (χ0v) is 12.8. The second kappa shape index (κ2) is 7.33. The number of anilines is 1. The van der Waals surface area contributed by atoms with Crippen LogP contribution in [0.15, 0.2) is 42.5 Å². The van der Waals surface area contributed by atoms with Crippen LogP contribution in [0.25, 0.3) is 0 Å². The molecule has 1 amide bonds. The second-order valence-electron chi connectivity index (χ2n) is 5.08. The molecule has 116 valence electrons. The van der Waals surface area contributed by atoms with Crippen LogP contribution in [0.4, 0.5) is 14.5 Å². The van der Waals surface area contributed by atoms with Gasteiger partial charge in [-0.05, 0) is 24.3 Å². The molecule has 0 bridgehead atoms. The van der Waals surface area contributed by atoms with E-state index in [9.17, 15) is 13.6 Å². The third kappa shape index (κ3) is 4.51. The average molecular weight is 326 g/mol. The van der Waals surface area contributed by atoms with Crippen LogP contribution in [0.3, 0.4) is 0 Å². The molecule has 0 aliphatic heterocycles. The van der Waals surface area contributed by atoms with E-state index >= 15 is 0 Å². The van der Waals surface area contributed by atoms with Crippen molar-refractivity contribution in [3.8, 4) is 0 Å². The first-order valence-electron chi connectivity index (χ1n) is 6.75. The molecule has 6 heteroatoms. The van der Waals surface area contributed by atoms with Gasteiger partial charge in [-0.25, -0.2) is 8.78 Å². The number of likely N-dealkylation sites (N-methyl/N-ethyl adjacent to an activating group) is 1. The summed E-state index contributed by atoms with van der Waals surface area (Å²) in [6.45, 7) is 0.695. The Morgan fingerprint density at radius 2 is 1.73 bits per heavy atom. The molecule has 2 aromatic rings. The van der Waals surface area contributed by atoms with Crippen LogP contribution < -0.4 is 10.2 Å². The van der Waals surface area contributed by atoms with Crippen LogP contribution in [0.5, 0.6) is 0 Å². The number of nitrogens with one attached hydrogen (secondary N) is 2. The summed E-state index contributed by atoms with van der Waals surface area (Å²) >= 11 is 5.81. The highest BCUT2D eigenvalue weighted by molar-refractivity contribution is 6.30. The van der Waals surface area contributed by atoms with Gasteiger partial charge in [-0.15, -0.1) is 0 Å². The number of carbonyl (C=O) groups excluding carboxylic acids is 1. The van der Waals surface area contributed by atoms with Crippen molar-refractivity contribution in [3.63, 3.8) is 0 Å². The average Bonchev–Trinajstić information content (AvgIpc) is 2.45. The first-order chi connectivity index (χ1) is 10.5. The quantitative estimate of drug-likeness (QED) is 0.869. The van der Waals surface area contributed by atoms with E-state index in [1.165, 1.54) is 6.07 Å². The predicted octanol–water partition coefficient (Wildman–Crippen LogP) is 2.27. The first-order valence-corrected chi connectivity index (χ1v) is 7.13. The summed E-state index contributed by atoms with van der Waals surface area (Å²) in [5.74, 6) is -2.03. The Kier molecular flexibility index (Phi) is 5.46. The van der Waals surface area contributed by atoms with E-state index in [1.807, 2.05) is 19.2 Å². The zero-order chi connectivity index (χ0) is 16.1. The lowest BCUT2D eigenvalue weighted by atomic mass is 10.2. The largest absolute Gasteiger partial charge is 0.326 e. The Hall–Kier alpha value is -1.98. The van der Waals surface area contributed by atoms with Crippen molar-refractivity contribution in [1.29, 1.82) is 0 Å². The lowest BCUT2D eigenvalue weighted by molar-refractivity contribution is -0.885. The minimum atomic E-state index is -0.788. The van der Waals surface area contributed by atoms with Crippen molar-refractivity contribution in [2.45, 2.75) is 6.54 Å². The molecule has 0 aliphatic carbocycles. The summed E-state index contributed by atoms with van der Waals surface area (Å²) in [7, 11) is 1.83. The standard InChI is InChI=1S/C16H15ClF2N2O/c1-21(9-11-5-7-12(17)8-6-11)10-15(22)20-16-13(18)3-2-4-14(16)19/h2-8H,9-10H2,1H3,(H,20,22)/p+1. The summed E-state index contributed by atoms with van der Waals surface area (Å²) in [5, 5.41) is 2.92. The third-order valence-corrected chi connectivity index (χ3v) is 3.36. The molecule has 1 atom stereocenters. The molecule has 0 heterocycles. The van der Waals surface area contributed by atoms with Crippen LogP contribution in [0.2, 0.25) is 5.02 Å². The lowest BCUT2D eigenvalue weighted by Gasteiger charge is -2.14. The third-order valence-electron chi connectivity index (χ3n) is 3.11. The summed E-state index contributed by atoms with van der Waals surface area (Å²) in [6, 6.07) is 10.8. The molecular weight excluding hydrogens is 310 g/mol. The van der Waals surface area contributed by atoms with Crippen LogP contribution in [0.1, 0.15) is 5.56 Å². The molecule has 2 aromatic carbocycles. The second-order valence-corrected chi connectivity index (χ2v) is 5.52. The minimum Gasteiger partial charge on any atom is -0.326 e. The molecule has 2 N–H and O–H groups in total. The minimum absolute atomic E-state index is 0.0937. The normalized spacial score (nSPS) is 12.0. The molecule has 0 fully saturated rings. The van der Waals surface area contributed by atoms with Crippen LogP contribution in [0, 0.1) is 11.6 Å². The van der Waals surface area contributed by atoms with E-state index in [0.717, 1.165) is 22.6 Å². The van der Waals surface area contributed by atoms with Gasteiger partial charge in [0.15, 0.2) is 6.54 Å². The van der Waals surface area contributed by atoms with Crippen molar-refractivity contribution in [1.82, 2.24) is 0 Å². The van der Waals surface area contributed by atoms with Gasteiger partial charge in [0, 0.05) is 10.6 Å². The van der Waals surface area contributed by atoms with E-state index in [4.69, 9.17) is 11.6 Å². The van der Waals surface area contributed by atoms with E-state index in [2.05, 4.69) is 5.32 Å². The fourth-order valence-corrected chi connectivity index (χ4v) is 2.21. The van der Waals surface area contributed by atoms with Gasteiger partial charge in [0.2, 0.25) is 0 Å². The van der Waals surface area contributed by atoms with Gasteiger partial charge in [-0.3, -0.25) is 4.79 Å². The molecule has 0 aliphatic rings. The predicted molar refractivity (Wildman–Crippen MR) is 81.9 cm³/mol. The maximum atomic E-state index is 13.5. The maximum Gasteiger partial charge on any atom is 0.279 e. The monoisotopic (exact) mass is 325 g/mol. The molecule has 0 radical (unpaired) electrons. The van der Waals surface area contributed by atoms with Crippen molar-refractivity contribution in [2.24, 2.45) is 0 Å². The van der Waals surface area contributed by atoms with Crippen molar-refractivity contribution in [3.05, 3.63) is 64.7 Å². The van der Waals surface area contributed by atoms with Gasteiger partial charge in [0.1, 0.15) is 23.9 Å². The summed E-state index contributed by atoms with van der Waals surface area (Å²) in [6.07, 6.45) is 0. The summed E-state index contributed by atoms with van der Waals surface area (Å²) in [5.41, 5.74) is 0.610. The zero-order valence-electron chi connectivity index (χ0n) is 12.0. The van der Waals surface area contributed by atoms with E-state index < -0.39 is 23.2 Å². The molecule has 22 heavy (non-hydrogen) atoms. The number of quaternary nitrogens is 1. The molecule has 0 saturated carbocycles. The van der Waals surface area contributed by atoms with Crippen LogP contribution in [-0.2, 0) is 11.3 Å². The highest BCUT2D eigenvalue weighted by Crippen LogP contribution is 2.17. The Balaban J connectivity index is 1.92. The lowest BCUT2D eigenvalue weighted by Crippen LogP contribution is -3.08. The number of halogens is 3. The fourth-order valence-electron chi connectivity index (χ4n) is 2.09. The van der Waals surface area contributed by atoms with E-state index in [-0.39, 0.29) is 6.54 Å². The van der Waals surface area contributed by atoms with Crippen LogP contribution in [-0.4, -0.2) is 19.5 Å². The van der Waals surface area contributed by atoms with Crippen molar-refractivity contribution >= 4 is 23.2 Å². The number of rotatable bonds is 5. The summed E-state index contributed by atoms with van der Waals surface area (Å²) in [4.78, 5) is 12.8. The van der Waals surface area contributed by atoms with Crippen molar-refractivity contribution in [2.75, 3.05) is 18.9 Å².